The smallest absolute Gasteiger partial charge is 0.264 e. The van der Waals surface area contributed by atoms with Gasteiger partial charge in [-0.15, -0.1) is 11.3 Å². The maximum absolute atomic E-state index is 14.9. The summed E-state index contributed by atoms with van der Waals surface area (Å²) in [6, 6.07) is 8.05. The van der Waals surface area contributed by atoms with Crippen molar-refractivity contribution in [2.75, 3.05) is 46.3 Å². The topological polar surface area (TPSA) is 83.1 Å². The number of piperazine rings is 1. The van der Waals surface area contributed by atoms with Gasteiger partial charge in [0.05, 0.1) is 15.1 Å². The second-order valence-corrected chi connectivity index (χ2v) is 12.6. The van der Waals surface area contributed by atoms with Crippen LogP contribution < -0.4 is 4.74 Å². The number of amides is 2. The molecule has 1 saturated carbocycles. The number of Topliss-reactive ketones (excluding diaryl/α,β-unsaturated/α-hetero) is 1. The third-order valence-corrected chi connectivity index (χ3v) is 9.49. The molecule has 1 aromatic carbocycles. The maximum atomic E-state index is 14.9. The zero-order valence-corrected chi connectivity index (χ0v) is 24.1. The number of benzene rings is 1. The Labute approximate surface area is 243 Å². The molecule has 0 radical (unpaired) electrons. The van der Waals surface area contributed by atoms with Gasteiger partial charge in [0, 0.05) is 70.3 Å². The quantitative estimate of drug-likeness (QED) is 0.383. The summed E-state index contributed by atoms with van der Waals surface area (Å²) >= 11 is 1.28. The molecule has 41 heavy (non-hydrogen) atoms. The van der Waals surface area contributed by atoms with E-state index in [4.69, 9.17) is 4.74 Å². The molecule has 1 aliphatic carbocycles. The monoisotopic (exact) mass is 578 g/mol. The second-order valence-electron chi connectivity index (χ2n) is 11.6. The molecular weight excluding hydrogens is 543 g/mol. The van der Waals surface area contributed by atoms with E-state index in [1.807, 2.05) is 9.80 Å². The van der Waals surface area contributed by atoms with Crippen LogP contribution in [-0.2, 0) is 16.0 Å². The van der Waals surface area contributed by atoms with Gasteiger partial charge in [-0.2, -0.15) is 0 Å². The summed E-state index contributed by atoms with van der Waals surface area (Å²) in [5.41, 5.74) is 1.25. The molecule has 0 atom stereocenters. The third-order valence-electron chi connectivity index (χ3n) is 8.36. The summed E-state index contributed by atoms with van der Waals surface area (Å²) in [6.07, 6.45) is 5.93. The average molecular weight is 579 g/mol. The highest BCUT2D eigenvalue weighted by atomic mass is 32.1. The molecule has 2 aliphatic heterocycles. The Balaban J connectivity index is 1.09. The van der Waals surface area contributed by atoms with Crippen LogP contribution in [0.2, 0.25) is 0 Å². The van der Waals surface area contributed by atoms with Crippen molar-refractivity contribution < 1.29 is 23.5 Å². The molecule has 4 heterocycles. The first kappa shape index (κ1) is 27.8. The van der Waals surface area contributed by atoms with Crippen molar-refractivity contribution in [1.82, 2.24) is 19.7 Å². The molecule has 8 nitrogen and oxygen atoms in total. The Morgan fingerprint density at radius 1 is 0.951 bits per heavy atom. The first-order valence-electron chi connectivity index (χ1n) is 14.5. The Kier molecular flexibility index (Phi) is 8.03. The van der Waals surface area contributed by atoms with Gasteiger partial charge in [0.1, 0.15) is 11.5 Å². The minimum atomic E-state index is -0.534. The molecule has 2 saturated heterocycles. The van der Waals surface area contributed by atoms with Gasteiger partial charge < -0.3 is 19.4 Å². The molecular formula is C31H35FN4O4S. The Hall–Kier alpha value is -3.37. The Morgan fingerprint density at radius 2 is 1.71 bits per heavy atom. The fraction of sp³-hybridized carbons (Fsp3) is 0.484. The molecule has 3 fully saturated rings. The van der Waals surface area contributed by atoms with Gasteiger partial charge in [-0.05, 0) is 62.4 Å². The van der Waals surface area contributed by atoms with Gasteiger partial charge in [-0.1, -0.05) is 6.07 Å². The maximum Gasteiger partial charge on any atom is 0.264 e. The highest BCUT2D eigenvalue weighted by Crippen LogP contribution is 2.37. The van der Waals surface area contributed by atoms with Gasteiger partial charge in [0.25, 0.3) is 5.91 Å². The fourth-order valence-electron chi connectivity index (χ4n) is 5.67. The number of fused-ring (bicyclic) bond motifs is 1. The minimum Gasteiger partial charge on any atom is -0.453 e. The zero-order chi connectivity index (χ0) is 28.5. The van der Waals surface area contributed by atoms with Crippen molar-refractivity contribution in [1.29, 1.82) is 0 Å². The lowest BCUT2D eigenvalue weighted by molar-refractivity contribution is -0.138. The lowest BCUT2D eigenvalue weighted by Gasteiger charge is -2.37. The number of piperidine rings is 1. The SMILES string of the molecule is CN1CCN(C(=O)C2CCN(C(=O)c3cc4nccc(Oc5ccc(CC(=O)CC6CC6)cc5F)c4s3)CC2)CC1. The average Bonchev–Trinajstić information content (AvgIpc) is 3.67. The van der Waals surface area contributed by atoms with Gasteiger partial charge in [0.15, 0.2) is 11.6 Å². The molecule has 2 amide bonds. The number of carbonyl (C=O) groups is 3. The molecule has 0 spiro atoms. The number of aromatic nitrogens is 1. The Bertz CT molecular complexity index is 1460. The van der Waals surface area contributed by atoms with Crippen LogP contribution in [0.15, 0.2) is 36.5 Å². The number of thiophene rings is 1. The van der Waals surface area contributed by atoms with E-state index >= 15 is 0 Å². The Morgan fingerprint density at radius 3 is 2.41 bits per heavy atom. The van der Waals surface area contributed by atoms with Crippen molar-refractivity contribution in [3.05, 3.63) is 52.8 Å². The van der Waals surface area contributed by atoms with Crippen molar-refractivity contribution in [2.45, 2.75) is 38.5 Å². The van der Waals surface area contributed by atoms with Crippen LogP contribution in [0.1, 0.15) is 47.3 Å². The van der Waals surface area contributed by atoms with Crippen LogP contribution in [-0.4, -0.2) is 83.6 Å². The zero-order valence-electron chi connectivity index (χ0n) is 23.3. The van der Waals surface area contributed by atoms with E-state index in [9.17, 15) is 18.8 Å². The standard InChI is InChI=1S/C31H35FN4O4S/c1-34-12-14-36(15-13-34)30(38)22-7-10-35(11-8-22)31(39)28-19-25-29(41-28)27(6-9-33-25)40-26-5-4-21(18-24(26)32)17-23(37)16-20-2-3-20/h4-6,9,18-20,22H,2-3,7-8,10-17H2,1H3. The van der Waals surface area contributed by atoms with Crippen LogP contribution in [0.25, 0.3) is 10.2 Å². The summed E-state index contributed by atoms with van der Waals surface area (Å²) in [7, 11) is 2.07. The number of hydrogen-bond acceptors (Lipinski definition) is 7. The third kappa shape index (κ3) is 6.43. The second kappa shape index (κ2) is 11.9. The number of pyridine rings is 1. The number of likely N-dealkylation sites (N-methyl/N-ethyl adjacent to an activating group) is 1. The lowest BCUT2D eigenvalue weighted by Crippen LogP contribution is -2.50. The fourth-order valence-corrected chi connectivity index (χ4v) is 6.70. The first-order valence-corrected chi connectivity index (χ1v) is 15.3. The van der Waals surface area contributed by atoms with E-state index < -0.39 is 5.82 Å². The van der Waals surface area contributed by atoms with Crippen molar-refractivity contribution >= 4 is 39.2 Å². The number of hydrogen-bond donors (Lipinski definition) is 0. The van der Waals surface area contributed by atoms with Crippen LogP contribution in [0.5, 0.6) is 11.5 Å². The van der Waals surface area contributed by atoms with Crippen LogP contribution in [0.4, 0.5) is 4.39 Å². The van der Waals surface area contributed by atoms with E-state index in [0.717, 1.165) is 39.0 Å². The van der Waals surface area contributed by atoms with E-state index in [1.165, 1.54) is 17.4 Å². The van der Waals surface area contributed by atoms with Crippen LogP contribution in [0.3, 0.4) is 0 Å². The van der Waals surface area contributed by atoms with Crippen LogP contribution in [0, 0.1) is 17.7 Å². The largest absolute Gasteiger partial charge is 0.453 e. The van der Waals surface area contributed by atoms with Gasteiger partial charge in [-0.3, -0.25) is 19.4 Å². The number of halogens is 1. The molecule has 216 valence electrons. The summed E-state index contributed by atoms with van der Waals surface area (Å²) in [6.45, 7) is 4.40. The summed E-state index contributed by atoms with van der Waals surface area (Å²) in [4.78, 5) is 49.5. The lowest BCUT2D eigenvalue weighted by atomic mass is 9.95. The van der Waals surface area contributed by atoms with Crippen molar-refractivity contribution in [3.63, 3.8) is 0 Å². The normalized spacial score (nSPS) is 18.6. The van der Waals surface area contributed by atoms with E-state index in [1.54, 1.807) is 30.5 Å². The molecule has 3 aromatic rings. The minimum absolute atomic E-state index is 0.0378. The number of ketones is 1. The first-order chi connectivity index (χ1) is 19.8. The number of carbonyl (C=O) groups excluding carboxylic acids is 3. The van der Waals surface area contributed by atoms with Crippen molar-refractivity contribution in [2.24, 2.45) is 11.8 Å². The molecule has 0 unspecified atom stereocenters. The van der Waals surface area contributed by atoms with Gasteiger partial charge in [0.2, 0.25) is 5.91 Å². The van der Waals surface area contributed by atoms with Gasteiger partial charge in [-0.25, -0.2) is 4.39 Å². The number of nitrogens with zero attached hydrogens (tertiary/aromatic N) is 4. The molecule has 10 heteroatoms. The number of likely N-dealkylation sites (tertiary alicyclic amines) is 1. The molecule has 0 N–H and O–H groups in total. The molecule has 3 aliphatic rings. The number of ether oxygens (including phenoxy) is 1. The highest BCUT2D eigenvalue weighted by molar-refractivity contribution is 7.21. The highest BCUT2D eigenvalue weighted by Gasteiger charge is 2.32. The summed E-state index contributed by atoms with van der Waals surface area (Å²) in [5.74, 6) is 0.681. The van der Waals surface area contributed by atoms with Crippen molar-refractivity contribution in [3.8, 4) is 11.5 Å². The molecule has 0 bridgehead atoms. The molecule has 2 aromatic heterocycles. The predicted octanol–water partition coefficient (Wildman–Crippen LogP) is 4.77. The summed E-state index contributed by atoms with van der Waals surface area (Å²) in [5, 5.41) is 0. The van der Waals surface area contributed by atoms with E-state index in [-0.39, 0.29) is 35.7 Å². The molecule has 6 rings (SSSR count). The summed E-state index contributed by atoms with van der Waals surface area (Å²) < 4.78 is 21.5. The van der Waals surface area contributed by atoms with Crippen LogP contribution >= 0.6 is 11.3 Å². The van der Waals surface area contributed by atoms with E-state index in [2.05, 4.69) is 16.9 Å². The van der Waals surface area contributed by atoms with E-state index in [0.29, 0.717) is 64.7 Å². The number of rotatable bonds is 8. The van der Waals surface area contributed by atoms with Gasteiger partial charge >= 0.3 is 0 Å². The predicted molar refractivity (Wildman–Crippen MR) is 155 cm³/mol.